The summed E-state index contributed by atoms with van der Waals surface area (Å²) < 4.78 is 0. The van der Waals surface area contributed by atoms with Crippen molar-refractivity contribution in [1.29, 1.82) is 0 Å². The quantitative estimate of drug-likeness (QED) is 0.0395. The van der Waals surface area contributed by atoms with Crippen LogP contribution in [0.5, 0.6) is 0 Å². The van der Waals surface area contributed by atoms with Crippen LogP contribution < -0.4 is 49.2 Å². The van der Waals surface area contributed by atoms with Gasteiger partial charge in [0.2, 0.25) is 20.1 Å². The van der Waals surface area contributed by atoms with E-state index in [0.717, 1.165) is 78.0 Å². The van der Waals surface area contributed by atoms with Gasteiger partial charge in [0.15, 0.2) is 0 Å². The Morgan fingerprint density at radius 3 is 0.770 bits per heavy atom. The van der Waals surface area contributed by atoms with Gasteiger partial charge in [-0.25, -0.2) is 0 Å². The van der Waals surface area contributed by atoms with Crippen molar-refractivity contribution < 1.29 is 0 Å². The zero-order valence-electron chi connectivity index (χ0n) is 100. The predicted octanol–water partition coefficient (Wildman–Crippen LogP) is 37.6. The third-order valence-corrected chi connectivity index (χ3v) is 35.4. The van der Waals surface area contributed by atoms with Crippen molar-refractivity contribution in [1.82, 2.24) is 0 Å². The number of hydrogen-bond donors (Lipinski definition) is 0. The Morgan fingerprint density at radius 1 is 0.243 bits per heavy atom. The SMILES string of the molecule is CB1CCCCC1.CC(C)(C)B1CCCCC1.CC(C)B1CCCCC1.CC(C)CCB1CCCCC1.CCB1CCCCC1.CCC(C)B1CCCCC1.CCCB1CCCCC1.CCCCB1CCCCC1.CCCCCB1CCCCC1.Cc1ccc(B(c2ccc(C)cc2)c2ccc(C)cc2)cc1.Cc1cccc(B(c2cccc(C)c2)c2cccc(C)c2)c1.c1ccc(B(c2ccccc2)c2ccccc2)cc1. The average Bonchev–Trinajstić information content (AvgIpc) is 0.791. The monoisotopic (exact) mass is 1980 g/mol. The van der Waals surface area contributed by atoms with Gasteiger partial charge in [0.05, 0.1) is 0 Å². The second kappa shape index (κ2) is 78.8. The van der Waals surface area contributed by atoms with Crippen LogP contribution in [0.1, 0.15) is 348 Å². The van der Waals surface area contributed by atoms with Gasteiger partial charge >= 0.3 is 0 Å². The molecule has 0 spiro atoms. The Bertz CT molecular complexity index is 4300. The standard InChI is InChI=1S/2C21H21B.C18H15B.2C10H21B.3C9H19B.2C8H17B.C7H15B.C6H13B/c1-16-4-10-19(11-5-16)22(20-12-6-17(2)7-13-20)21-14-8-18(3)9-15-21;1-16-7-4-10-19(13-16)22(20-11-5-8-17(2)14-20)21-12-6-9-18(3)15-21;1-4-10-16(11-5-1)19(17-12-6-2-7-13-17)18-14-8-3-9-15-18;1-10(2)6-9-11-7-4-3-5-8-11;1-2-3-5-8-11-9-6-4-7-10-11;1-9(2,3)10-7-5-4-6-8-10;1-3-9(2)10-7-5-4-6-8-10;1-2-3-7-10-8-5-4-6-9-10;1-8(2)9-6-4-3-5-7-9;1-2-6-9-7-4-3-5-8-9;1-2-8-6-4-3-5-7-8;1-7-5-3-2-4-6-7/h2*4-15H,1-3H3;1-15H;10H,3-9H2,1-2H3;2-10H2,1H3;4-8H2,1-3H3;9H,3-8H2,1-2H3;2-9H2,1H3;8H,3-7H2,1-2H3;2-8H2,1H3;2-7H2,1H3;2-6H2,1H3. The molecule has 18 rings (SSSR count). The molecule has 9 saturated heterocycles. The normalized spacial score (nSPS) is 16.3. The van der Waals surface area contributed by atoms with E-state index in [-0.39, 0.29) is 0 Å². The van der Waals surface area contributed by atoms with Crippen molar-refractivity contribution in [3.05, 3.63) is 270 Å². The molecule has 9 aliphatic rings. The first-order valence-electron chi connectivity index (χ1n) is 63.4. The molecule has 0 N–H and O–H groups in total. The molecule has 0 amide bonds. The molecule has 0 aliphatic carbocycles. The summed E-state index contributed by atoms with van der Waals surface area (Å²) in [6, 6.07) is 85.3. The maximum Gasteiger partial charge on any atom is 0.241 e. The molecule has 0 saturated carbocycles. The van der Waals surface area contributed by atoms with Gasteiger partial charge < -0.3 is 0 Å². The first kappa shape index (κ1) is 129. The first-order valence-corrected chi connectivity index (χ1v) is 63.4. The smallest absolute Gasteiger partial charge is 0.0861 e. The van der Waals surface area contributed by atoms with Crippen molar-refractivity contribution in [3.63, 3.8) is 0 Å². The average molecular weight is 1980 g/mol. The fourth-order valence-electron chi connectivity index (χ4n) is 25.3. The van der Waals surface area contributed by atoms with E-state index in [1.54, 1.807) is 0 Å². The van der Waals surface area contributed by atoms with E-state index in [9.17, 15) is 0 Å². The molecule has 0 bridgehead atoms. The Labute approximate surface area is 924 Å². The van der Waals surface area contributed by atoms with Crippen LogP contribution in [0.3, 0.4) is 0 Å². The molecule has 9 heterocycles. The predicted molar refractivity (Wildman–Crippen MR) is 698 cm³/mol. The summed E-state index contributed by atoms with van der Waals surface area (Å²) in [5.41, 5.74) is 19.9. The lowest BCUT2D eigenvalue weighted by Gasteiger charge is -2.30. The summed E-state index contributed by atoms with van der Waals surface area (Å²) in [5, 5.41) is 0.570. The summed E-state index contributed by atoms with van der Waals surface area (Å²) in [7, 11) is 0. The van der Waals surface area contributed by atoms with Crippen molar-refractivity contribution >= 4 is 130 Å². The van der Waals surface area contributed by atoms with Crippen molar-refractivity contribution in [3.8, 4) is 0 Å². The summed E-state index contributed by atoms with van der Waals surface area (Å²) in [6.07, 6.45) is 86.4. The van der Waals surface area contributed by atoms with Crippen LogP contribution in [0, 0.1) is 47.5 Å². The Balaban J connectivity index is 0.000000223. The molecule has 0 aromatic heterocycles. The van der Waals surface area contributed by atoms with Gasteiger partial charge in [-0.3, -0.25) is 0 Å². The number of benzene rings is 9. The van der Waals surface area contributed by atoms with Crippen LogP contribution in [0.15, 0.2) is 237 Å². The molecule has 148 heavy (non-hydrogen) atoms. The molecule has 9 aromatic carbocycles. The van der Waals surface area contributed by atoms with Crippen LogP contribution in [0.2, 0.25) is 169 Å². The highest BCUT2D eigenvalue weighted by Gasteiger charge is 2.31. The molecule has 798 valence electrons. The van der Waals surface area contributed by atoms with Gasteiger partial charge in [-0.2, -0.15) is 0 Å². The van der Waals surface area contributed by atoms with Crippen LogP contribution in [0.25, 0.3) is 0 Å². The Morgan fingerprint density at radius 2 is 0.514 bits per heavy atom. The van der Waals surface area contributed by atoms with Gasteiger partial charge in [-0.15, -0.1) is 0 Å². The van der Waals surface area contributed by atoms with Crippen LogP contribution >= 0.6 is 0 Å². The van der Waals surface area contributed by atoms with Gasteiger partial charge in [0.1, 0.15) is 60.4 Å². The summed E-state index contributed by atoms with van der Waals surface area (Å²) in [4.78, 5) is 0. The highest BCUT2D eigenvalue weighted by molar-refractivity contribution is 6.96. The Kier molecular flexibility index (Phi) is 68.5. The maximum atomic E-state index is 2.41. The summed E-state index contributed by atoms with van der Waals surface area (Å²) in [6.45, 7) is 56.2. The molecule has 12 heteroatoms. The lowest BCUT2D eigenvalue weighted by Crippen LogP contribution is -2.52. The van der Waals surface area contributed by atoms with E-state index in [1.165, 1.54) is 453 Å². The highest BCUT2D eigenvalue weighted by atomic mass is 14.1. The van der Waals surface area contributed by atoms with Gasteiger partial charge in [0, 0.05) is 0 Å². The zero-order chi connectivity index (χ0) is 106. The Hall–Kier alpha value is -6.24. The van der Waals surface area contributed by atoms with Crippen LogP contribution in [-0.2, 0) is 0 Å². The summed E-state index contributed by atoms with van der Waals surface area (Å²) >= 11 is 0. The van der Waals surface area contributed by atoms with Crippen LogP contribution in [0.4, 0.5) is 0 Å². The fourth-order valence-corrected chi connectivity index (χ4v) is 25.3. The number of hydrogen-bond acceptors (Lipinski definition) is 0. The second-order valence-electron chi connectivity index (χ2n) is 50.2. The minimum atomic E-state index is 0.291. The van der Waals surface area contributed by atoms with Gasteiger partial charge in [-0.05, 0) is 47.5 Å². The van der Waals surface area contributed by atoms with E-state index in [2.05, 4.69) is 375 Å². The molecular weight excluding hydrogens is 1760 g/mol. The van der Waals surface area contributed by atoms with E-state index in [4.69, 9.17) is 0 Å². The van der Waals surface area contributed by atoms with Crippen molar-refractivity contribution in [2.24, 2.45) is 5.92 Å². The molecule has 0 radical (unpaired) electrons. The first-order chi connectivity index (χ1) is 71.9. The zero-order valence-corrected chi connectivity index (χ0v) is 100. The maximum absolute atomic E-state index is 2.41. The molecule has 1 atom stereocenters. The van der Waals surface area contributed by atoms with Gasteiger partial charge in [-0.1, -0.05) is 803 Å². The molecule has 9 fully saturated rings. The van der Waals surface area contributed by atoms with E-state index in [0.29, 0.717) is 25.5 Å². The lowest BCUT2D eigenvalue weighted by atomic mass is 9.29. The van der Waals surface area contributed by atoms with Gasteiger partial charge in [0.25, 0.3) is 0 Å². The molecule has 0 nitrogen and oxygen atoms in total. The van der Waals surface area contributed by atoms with E-state index >= 15 is 0 Å². The van der Waals surface area contributed by atoms with Crippen LogP contribution in [-0.4, -0.2) is 80.6 Å². The largest absolute Gasteiger partial charge is 0.241 e. The lowest BCUT2D eigenvalue weighted by molar-refractivity contribution is 0.614. The number of unbranched alkanes of at least 4 members (excludes halogenated alkanes) is 3. The molecular formula is C136H218B12. The highest BCUT2D eigenvalue weighted by Crippen LogP contribution is 2.37. The van der Waals surface area contributed by atoms with E-state index in [1.807, 2.05) is 0 Å². The molecule has 9 aromatic rings. The van der Waals surface area contributed by atoms with E-state index < -0.39 is 0 Å². The third-order valence-electron chi connectivity index (χ3n) is 35.4. The van der Waals surface area contributed by atoms with Crippen molar-refractivity contribution in [2.75, 3.05) is 0 Å². The molecule has 1 unspecified atom stereocenters. The van der Waals surface area contributed by atoms with Crippen molar-refractivity contribution in [2.45, 2.75) is 525 Å². The fraction of sp³-hybridized carbons (Fsp3) is 0.603. The minimum Gasteiger partial charge on any atom is -0.0861 e. The topological polar surface area (TPSA) is 0 Å². The molecule has 9 aliphatic heterocycles. The third kappa shape index (κ3) is 55.2. The summed E-state index contributed by atoms with van der Waals surface area (Å²) in [5.74, 6) is 2.84. The number of aryl methyl sites for hydroxylation is 6. The minimum absolute atomic E-state index is 0.291. The second-order valence-corrected chi connectivity index (χ2v) is 50.2. The number of rotatable bonds is 25.